The highest BCUT2D eigenvalue weighted by atomic mass is 16.3. The van der Waals surface area contributed by atoms with E-state index in [1.54, 1.807) is 11.6 Å². The number of imidazole rings is 1. The van der Waals surface area contributed by atoms with Gasteiger partial charge in [0.05, 0.1) is 12.9 Å². The summed E-state index contributed by atoms with van der Waals surface area (Å²) in [7, 11) is 3.21. The number of hydrogen-bond acceptors (Lipinski definition) is 5. The molecule has 0 saturated heterocycles. The third-order valence-electron chi connectivity index (χ3n) is 4.50. The van der Waals surface area contributed by atoms with E-state index in [1.165, 1.54) is 17.9 Å². The van der Waals surface area contributed by atoms with Crippen LogP contribution in [0.2, 0.25) is 0 Å². The summed E-state index contributed by atoms with van der Waals surface area (Å²) in [5.41, 5.74) is 1.20. The molecular formula is C18H23N5O3. The van der Waals surface area contributed by atoms with Crippen LogP contribution in [0.4, 0.5) is 0 Å². The van der Waals surface area contributed by atoms with Crippen molar-refractivity contribution < 1.29 is 5.11 Å². The first-order valence-electron chi connectivity index (χ1n) is 8.51. The van der Waals surface area contributed by atoms with Gasteiger partial charge in [-0.05, 0) is 5.56 Å². The third-order valence-corrected chi connectivity index (χ3v) is 4.50. The molecule has 8 nitrogen and oxygen atoms in total. The standard InChI is InChI=1S/C18H23N5O3/c1-20-13-19-16-15(20)17(25)21(2)18(26)23(16)9-8-22(10-11-24)12-14-6-4-3-5-7-14/h3-7,13,24H,8-12H2,1-2H3. The maximum absolute atomic E-state index is 12.6. The van der Waals surface area contributed by atoms with Crippen molar-refractivity contribution in [2.24, 2.45) is 14.1 Å². The summed E-state index contributed by atoms with van der Waals surface area (Å²) in [6, 6.07) is 9.96. The monoisotopic (exact) mass is 357 g/mol. The molecule has 0 fully saturated rings. The lowest BCUT2D eigenvalue weighted by atomic mass is 10.2. The lowest BCUT2D eigenvalue weighted by Crippen LogP contribution is -2.41. The van der Waals surface area contributed by atoms with Crippen LogP contribution in [0.3, 0.4) is 0 Å². The van der Waals surface area contributed by atoms with Crippen molar-refractivity contribution in [3.8, 4) is 0 Å². The maximum atomic E-state index is 12.6. The first-order valence-corrected chi connectivity index (χ1v) is 8.51. The SMILES string of the molecule is Cn1c(=O)c2c(ncn2C)n(CCN(CCO)Cc2ccccc2)c1=O. The molecule has 2 aromatic heterocycles. The van der Waals surface area contributed by atoms with Crippen molar-refractivity contribution in [1.82, 2.24) is 23.6 Å². The molecular weight excluding hydrogens is 334 g/mol. The normalized spacial score (nSPS) is 11.5. The van der Waals surface area contributed by atoms with Crippen LogP contribution in [0.1, 0.15) is 5.56 Å². The Bertz CT molecular complexity index is 1000. The first-order chi connectivity index (χ1) is 12.5. The van der Waals surface area contributed by atoms with Gasteiger partial charge in [-0.2, -0.15) is 0 Å². The van der Waals surface area contributed by atoms with Gasteiger partial charge in [0.25, 0.3) is 5.56 Å². The van der Waals surface area contributed by atoms with Gasteiger partial charge >= 0.3 is 5.69 Å². The summed E-state index contributed by atoms with van der Waals surface area (Å²) in [4.78, 5) is 31.2. The Morgan fingerprint density at radius 3 is 2.54 bits per heavy atom. The van der Waals surface area contributed by atoms with E-state index in [2.05, 4.69) is 9.88 Å². The minimum absolute atomic E-state index is 0.0357. The van der Waals surface area contributed by atoms with E-state index in [-0.39, 0.29) is 17.9 Å². The zero-order chi connectivity index (χ0) is 18.7. The van der Waals surface area contributed by atoms with Crippen LogP contribution in [0, 0.1) is 0 Å². The highest BCUT2D eigenvalue weighted by molar-refractivity contribution is 5.69. The Labute approximate surface area is 150 Å². The van der Waals surface area contributed by atoms with Crippen molar-refractivity contribution in [3.63, 3.8) is 0 Å². The number of aliphatic hydroxyl groups excluding tert-OH is 1. The zero-order valence-corrected chi connectivity index (χ0v) is 15.0. The van der Waals surface area contributed by atoms with Crippen LogP contribution in [0.5, 0.6) is 0 Å². The highest BCUT2D eigenvalue weighted by Crippen LogP contribution is 2.07. The fourth-order valence-corrected chi connectivity index (χ4v) is 3.08. The van der Waals surface area contributed by atoms with Crippen molar-refractivity contribution in [2.75, 3.05) is 19.7 Å². The predicted octanol–water partition coefficient (Wildman–Crippen LogP) is -0.0718. The summed E-state index contributed by atoms with van der Waals surface area (Å²) >= 11 is 0. The van der Waals surface area contributed by atoms with Crippen LogP contribution in [-0.2, 0) is 27.2 Å². The molecule has 1 N–H and O–H groups in total. The number of benzene rings is 1. The second kappa shape index (κ2) is 7.67. The van der Waals surface area contributed by atoms with E-state index in [9.17, 15) is 14.7 Å². The zero-order valence-electron chi connectivity index (χ0n) is 15.0. The number of rotatable bonds is 7. The highest BCUT2D eigenvalue weighted by Gasteiger charge is 2.16. The molecule has 138 valence electrons. The molecule has 0 unspecified atom stereocenters. The summed E-state index contributed by atoms with van der Waals surface area (Å²) in [5.74, 6) is 0. The first kappa shape index (κ1) is 18.1. The van der Waals surface area contributed by atoms with E-state index in [0.29, 0.717) is 37.3 Å². The van der Waals surface area contributed by atoms with E-state index < -0.39 is 0 Å². The summed E-state index contributed by atoms with van der Waals surface area (Å²) in [6.07, 6.45) is 1.54. The number of aryl methyl sites for hydroxylation is 1. The van der Waals surface area contributed by atoms with Gasteiger partial charge in [-0.1, -0.05) is 30.3 Å². The molecule has 0 saturated carbocycles. The van der Waals surface area contributed by atoms with Crippen molar-refractivity contribution in [3.05, 3.63) is 63.1 Å². The summed E-state index contributed by atoms with van der Waals surface area (Å²) in [6.45, 7) is 2.15. The van der Waals surface area contributed by atoms with Crippen LogP contribution < -0.4 is 11.2 Å². The Morgan fingerprint density at radius 2 is 1.85 bits per heavy atom. The van der Waals surface area contributed by atoms with Gasteiger partial charge in [0, 0.05) is 40.3 Å². The Balaban J connectivity index is 1.88. The molecule has 0 spiro atoms. The number of nitrogens with zero attached hydrogens (tertiary/aromatic N) is 5. The molecule has 3 rings (SSSR count). The average Bonchev–Trinajstić information content (AvgIpc) is 3.02. The van der Waals surface area contributed by atoms with Gasteiger partial charge in [0.15, 0.2) is 11.2 Å². The van der Waals surface area contributed by atoms with E-state index in [4.69, 9.17) is 0 Å². The molecule has 0 aliphatic rings. The second-order valence-electron chi connectivity index (χ2n) is 6.31. The molecule has 0 amide bonds. The van der Waals surface area contributed by atoms with Crippen LogP contribution in [-0.4, -0.2) is 48.4 Å². The second-order valence-corrected chi connectivity index (χ2v) is 6.31. The topological polar surface area (TPSA) is 85.3 Å². The lowest BCUT2D eigenvalue weighted by Gasteiger charge is -2.22. The van der Waals surface area contributed by atoms with E-state index >= 15 is 0 Å². The minimum Gasteiger partial charge on any atom is -0.395 e. The molecule has 0 radical (unpaired) electrons. The molecule has 0 aliphatic carbocycles. The van der Waals surface area contributed by atoms with Crippen LogP contribution >= 0.6 is 0 Å². The number of aliphatic hydroxyl groups is 1. The van der Waals surface area contributed by atoms with Crippen molar-refractivity contribution >= 4 is 11.2 Å². The molecule has 0 atom stereocenters. The Morgan fingerprint density at radius 1 is 1.12 bits per heavy atom. The maximum Gasteiger partial charge on any atom is 0.332 e. The van der Waals surface area contributed by atoms with Crippen LogP contribution in [0.15, 0.2) is 46.2 Å². The van der Waals surface area contributed by atoms with Crippen molar-refractivity contribution in [1.29, 1.82) is 0 Å². The van der Waals surface area contributed by atoms with Crippen LogP contribution in [0.25, 0.3) is 11.2 Å². The smallest absolute Gasteiger partial charge is 0.332 e. The largest absolute Gasteiger partial charge is 0.395 e. The Kier molecular flexibility index (Phi) is 5.34. The van der Waals surface area contributed by atoms with E-state index in [0.717, 1.165) is 10.1 Å². The fraction of sp³-hybridized carbons (Fsp3) is 0.389. The van der Waals surface area contributed by atoms with Gasteiger partial charge in [0.1, 0.15) is 0 Å². The number of aromatic nitrogens is 4. The summed E-state index contributed by atoms with van der Waals surface area (Å²) in [5, 5.41) is 9.35. The minimum atomic E-state index is -0.384. The number of fused-ring (bicyclic) bond motifs is 1. The predicted molar refractivity (Wildman–Crippen MR) is 99.0 cm³/mol. The molecule has 3 aromatic rings. The van der Waals surface area contributed by atoms with Gasteiger partial charge < -0.3 is 9.67 Å². The van der Waals surface area contributed by atoms with Gasteiger partial charge in [0.2, 0.25) is 0 Å². The number of hydrogen-bond donors (Lipinski definition) is 1. The summed E-state index contributed by atoms with van der Waals surface area (Å²) < 4.78 is 4.26. The third kappa shape index (κ3) is 3.47. The Hall–Kier alpha value is -2.71. The molecule has 0 bridgehead atoms. The molecule has 26 heavy (non-hydrogen) atoms. The molecule has 2 heterocycles. The average molecular weight is 357 g/mol. The lowest BCUT2D eigenvalue weighted by molar-refractivity contribution is 0.185. The quantitative estimate of drug-likeness (QED) is 0.640. The van der Waals surface area contributed by atoms with Gasteiger partial charge in [-0.25, -0.2) is 9.78 Å². The molecule has 0 aliphatic heterocycles. The fourth-order valence-electron chi connectivity index (χ4n) is 3.08. The van der Waals surface area contributed by atoms with Gasteiger partial charge in [-0.15, -0.1) is 0 Å². The van der Waals surface area contributed by atoms with E-state index in [1.807, 2.05) is 30.3 Å². The van der Waals surface area contributed by atoms with Crippen molar-refractivity contribution in [2.45, 2.75) is 13.1 Å². The van der Waals surface area contributed by atoms with Gasteiger partial charge in [-0.3, -0.25) is 18.8 Å². The molecule has 8 heteroatoms. The molecule has 1 aromatic carbocycles.